The number of carbonyl (C=O) groups is 1. The van der Waals surface area contributed by atoms with Crippen molar-refractivity contribution in [3.63, 3.8) is 0 Å². The van der Waals surface area contributed by atoms with Crippen LogP contribution in [0.2, 0.25) is 0 Å². The Labute approximate surface area is 120 Å². The Hall–Kier alpha value is -1.40. The molecular formula is C14H22N2O3S. The molecule has 0 spiro atoms. The maximum Gasteiger partial charge on any atom is 0.254 e. The van der Waals surface area contributed by atoms with E-state index in [-0.39, 0.29) is 16.4 Å². The van der Waals surface area contributed by atoms with Gasteiger partial charge in [0.25, 0.3) is 5.91 Å². The third-order valence-corrected chi connectivity index (χ3v) is 4.03. The summed E-state index contributed by atoms with van der Waals surface area (Å²) in [5.41, 5.74) is 0.955. The first-order valence-electron chi connectivity index (χ1n) is 6.52. The van der Waals surface area contributed by atoms with Gasteiger partial charge in [-0.25, -0.2) is 13.6 Å². The number of carbonyl (C=O) groups excluding carboxylic acids is 1. The van der Waals surface area contributed by atoms with Crippen molar-refractivity contribution in [2.24, 2.45) is 11.1 Å². The quantitative estimate of drug-likeness (QED) is 0.899. The van der Waals surface area contributed by atoms with Gasteiger partial charge in [0.1, 0.15) is 0 Å². The van der Waals surface area contributed by atoms with Crippen molar-refractivity contribution < 1.29 is 13.2 Å². The summed E-state index contributed by atoms with van der Waals surface area (Å²) in [6.07, 6.45) is 0.860. The average molecular weight is 298 g/mol. The number of hydrogen-bond acceptors (Lipinski definition) is 3. The molecule has 0 aliphatic carbocycles. The summed E-state index contributed by atoms with van der Waals surface area (Å²) in [6, 6.07) is 4.58. The van der Waals surface area contributed by atoms with E-state index in [4.69, 9.17) is 5.14 Å². The SMILES string of the molecule is Cc1ccc(S(N)(=O)=O)c(C(=O)N(C)CCC(C)C)c1. The molecule has 6 heteroatoms. The van der Waals surface area contributed by atoms with Gasteiger partial charge in [-0.15, -0.1) is 0 Å². The van der Waals surface area contributed by atoms with E-state index in [1.165, 1.54) is 11.0 Å². The Balaban J connectivity index is 3.12. The Morgan fingerprint density at radius 2 is 1.95 bits per heavy atom. The van der Waals surface area contributed by atoms with Crippen LogP contribution in [-0.2, 0) is 10.0 Å². The van der Waals surface area contributed by atoms with Crippen molar-refractivity contribution in [1.29, 1.82) is 0 Å². The number of primary sulfonamides is 1. The number of nitrogens with zero attached hydrogens (tertiary/aromatic N) is 1. The summed E-state index contributed by atoms with van der Waals surface area (Å²) in [4.78, 5) is 13.8. The Kier molecular flexibility index (Phi) is 5.30. The number of aryl methyl sites for hydroxylation is 1. The zero-order valence-electron chi connectivity index (χ0n) is 12.4. The molecule has 0 aliphatic heterocycles. The van der Waals surface area contributed by atoms with Crippen molar-refractivity contribution in [3.05, 3.63) is 29.3 Å². The molecule has 0 aromatic heterocycles. The number of benzene rings is 1. The minimum atomic E-state index is -3.91. The van der Waals surface area contributed by atoms with Gasteiger partial charge in [0.05, 0.1) is 10.5 Å². The lowest BCUT2D eigenvalue weighted by Crippen LogP contribution is -2.30. The highest BCUT2D eigenvalue weighted by molar-refractivity contribution is 7.89. The Morgan fingerprint density at radius 1 is 1.35 bits per heavy atom. The number of sulfonamides is 1. The molecule has 1 aromatic carbocycles. The molecule has 0 radical (unpaired) electrons. The van der Waals surface area contributed by atoms with E-state index in [9.17, 15) is 13.2 Å². The van der Waals surface area contributed by atoms with E-state index in [1.54, 1.807) is 26.1 Å². The average Bonchev–Trinajstić information content (AvgIpc) is 2.33. The molecule has 0 heterocycles. The largest absolute Gasteiger partial charge is 0.342 e. The molecule has 1 amide bonds. The van der Waals surface area contributed by atoms with Crippen LogP contribution in [-0.4, -0.2) is 32.8 Å². The molecule has 1 aromatic rings. The molecule has 20 heavy (non-hydrogen) atoms. The standard InChI is InChI=1S/C14H22N2O3S/c1-10(2)7-8-16(4)14(17)12-9-11(3)5-6-13(12)20(15,18)19/h5-6,9-10H,7-8H2,1-4H3,(H2,15,18,19). The van der Waals surface area contributed by atoms with Crippen LogP contribution in [0.25, 0.3) is 0 Å². The van der Waals surface area contributed by atoms with Gasteiger partial charge in [0.15, 0.2) is 0 Å². The predicted octanol–water partition coefficient (Wildman–Crippen LogP) is 1.76. The molecule has 0 saturated heterocycles. The normalized spacial score (nSPS) is 11.7. The highest BCUT2D eigenvalue weighted by Gasteiger charge is 2.21. The molecule has 5 nitrogen and oxygen atoms in total. The van der Waals surface area contributed by atoms with Gasteiger partial charge < -0.3 is 4.90 Å². The fourth-order valence-corrected chi connectivity index (χ4v) is 2.53. The molecule has 2 N–H and O–H groups in total. The van der Waals surface area contributed by atoms with Crippen LogP contribution in [0.1, 0.15) is 36.2 Å². The lowest BCUT2D eigenvalue weighted by Gasteiger charge is -2.20. The van der Waals surface area contributed by atoms with Crippen LogP contribution in [0.15, 0.2) is 23.1 Å². The minimum Gasteiger partial charge on any atom is -0.342 e. The fraction of sp³-hybridized carbons (Fsp3) is 0.500. The summed E-state index contributed by atoms with van der Waals surface area (Å²) in [5, 5.41) is 5.17. The van der Waals surface area contributed by atoms with E-state index in [0.29, 0.717) is 12.5 Å². The fourth-order valence-electron chi connectivity index (χ4n) is 1.82. The maximum atomic E-state index is 12.4. The Morgan fingerprint density at radius 3 is 2.45 bits per heavy atom. The van der Waals surface area contributed by atoms with E-state index in [2.05, 4.69) is 13.8 Å². The van der Waals surface area contributed by atoms with Gasteiger partial charge in [0, 0.05) is 13.6 Å². The predicted molar refractivity (Wildman–Crippen MR) is 79.0 cm³/mol. The number of nitrogens with two attached hydrogens (primary N) is 1. The van der Waals surface area contributed by atoms with Crippen LogP contribution in [0, 0.1) is 12.8 Å². The van der Waals surface area contributed by atoms with E-state index < -0.39 is 10.0 Å². The van der Waals surface area contributed by atoms with Crippen LogP contribution < -0.4 is 5.14 Å². The topological polar surface area (TPSA) is 80.5 Å². The minimum absolute atomic E-state index is 0.121. The highest BCUT2D eigenvalue weighted by atomic mass is 32.2. The monoisotopic (exact) mass is 298 g/mol. The molecule has 0 bridgehead atoms. The van der Waals surface area contributed by atoms with Crippen molar-refractivity contribution in [2.75, 3.05) is 13.6 Å². The van der Waals surface area contributed by atoms with Crippen molar-refractivity contribution in [1.82, 2.24) is 4.90 Å². The van der Waals surface area contributed by atoms with E-state index in [1.807, 2.05) is 0 Å². The zero-order chi connectivity index (χ0) is 15.5. The Bertz CT molecular complexity index is 594. The summed E-state index contributed by atoms with van der Waals surface area (Å²) >= 11 is 0. The van der Waals surface area contributed by atoms with Gasteiger partial charge in [-0.2, -0.15) is 0 Å². The van der Waals surface area contributed by atoms with Crippen LogP contribution in [0.5, 0.6) is 0 Å². The number of hydrogen-bond donors (Lipinski definition) is 1. The molecule has 0 fully saturated rings. The van der Waals surface area contributed by atoms with Crippen molar-refractivity contribution >= 4 is 15.9 Å². The highest BCUT2D eigenvalue weighted by Crippen LogP contribution is 2.18. The molecule has 1 rings (SSSR count). The van der Waals surface area contributed by atoms with Crippen molar-refractivity contribution in [3.8, 4) is 0 Å². The van der Waals surface area contributed by atoms with Crippen molar-refractivity contribution in [2.45, 2.75) is 32.1 Å². The van der Waals surface area contributed by atoms with E-state index in [0.717, 1.165) is 12.0 Å². The summed E-state index contributed by atoms with van der Waals surface area (Å²) in [7, 11) is -2.24. The number of rotatable bonds is 5. The first-order valence-corrected chi connectivity index (χ1v) is 8.06. The van der Waals surface area contributed by atoms with Gasteiger partial charge in [-0.05, 0) is 31.4 Å². The zero-order valence-corrected chi connectivity index (χ0v) is 13.2. The molecule has 0 aliphatic rings. The molecule has 0 saturated carbocycles. The van der Waals surface area contributed by atoms with Gasteiger partial charge in [-0.1, -0.05) is 25.5 Å². The first-order chi connectivity index (χ1) is 9.12. The smallest absolute Gasteiger partial charge is 0.254 e. The molecule has 0 atom stereocenters. The first kappa shape index (κ1) is 16.7. The van der Waals surface area contributed by atoms with E-state index >= 15 is 0 Å². The second-order valence-corrected chi connectivity index (χ2v) is 6.98. The lowest BCUT2D eigenvalue weighted by atomic mass is 10.1. The van der Waals surface area contributed by atoms with Crippen LogP contribution in [0.4, 0.5) is 0 Å². The summed E-state index contributed by atoms with van der Waals surface area (Å²) in [6.45, 7) is 6.52. The third kappa shape index (κ3) is 4.31. The summed E-state index contributed by atoms with van der Waals surface area (Å²) in [5.74, 6) is 0.152. The second-order valence-electron chi connectivity index (χ2n) is 5.45. The van der Waals surface area contributed by atoms with Crippen LogP contribution in [0.3, 0.4) is 0 Å². The molecule has 112 valence electrons. The van der Waals surface area contributed by atoms with Gasteiger partial charge >= 0.3 is 0 Å². The maximum absolute atomic E-state index is 12.4. The molecular weight excluding hydrogens is 276 g/mol. The van der Waals surface area contributed by atoms with Gasteiger partial charge in [-0.3, -0.25) is 4.79 Å². The third-order valence-electron chi connectivity index (χ3n) is 3.06. The second kappa shape index (κ2) is 6.37. The number of amides is 1. The van der Waals surface area contributed by atoms with Crippen LogP contribution >= 0.6 is 0 Å². The molecule has 0 unspecified atom stereocenters. The lowest BCUT2D eigenvalue weighted by molar-refractivity contribution is 0.0785. The summed E-state index contributed by atoms with van der Waals surface area (Å²) < 4.78 is 23.1. The van der Waals surface area contributed by atoms with Gasteiger partial charge in [0.2, 0.25) is 10.0 Å².